The Morgan fingerprint density at radius 1 is 1.27 bits per heavy atom. The maximum Gasteiger partial charge on any atom is 0.275 e. The van der Waals surface area contributed by atoms with E-state index in [1.54, 1.807) is 11.3 Å². The summed E-state index contributed by atoms with van der Waals surface area (Å²) in [7, 11) is -2.97. The fourth-order valence-electron chi connectivity index (χ4n) is 4.02. The number of likely N-dealkylation sites (tertiary alicyclic amines) is 1. The van der Waals surface area contributed by atoms with Crippen molar-refractivity contribution >= 4 is 37.3 Å². The van der Waals surface area contributed by atoms with E-state index >= 15 is 0 Å². The number of piperidine rings is 1. The van der Waals surface area contributed by atoms with Crippen LogP contribution in [0.15, 0.2) is 24.3 Å². The number of aromatic nitrogens is 1. The van der Waals surface area contributed by atoms with Gasteiger partial charge in [0, 0.05) is 12.5 Å². The number of amides is 1. The summed E-state index contributed by atoms with van der Waals surface area (Å²) in [4.78, 5) is 18.5. The highest BCUT2D eigenvalue weighted by Gasteiger charge is 2.34. The van der Waals surface area contributed by atoms with E-state index in [1.807, 2.05) is 18.2 Å². The predicted octanol–water partition coefficient (Wildman–Crippen LogP) is 0.709. The average Bonchev–Trinajstić information content (AvgIpc) is 3.18. The van der Waals surface area contributed by atoms with Crippen molar-refractivity contribution in [2.45, 2.75) is 37.8 Å². The lowest BCUT2D eigenvalue weighted by molar-refractivity contribution is -0.929. The lowest BCUT2D eigenvalue weighted by Gasteiger charge is -2.31. The Labute approximate surface area is 157 Å². The van der Waals surface area contributed by atoms with Crippen LogP contribution < -0.4 is 10.2 Å². The fraction of sp³-hybridized carbons (Fsp3) is 0.556. The number of rotatable bonds is 4. The topological polar surface area (TPSA) is 80.6 Å². The van der Waals surface area contributed by atoms with Gasteiger partial charge in [-0.1, -0.05) is 12.1 Å². The van der Waals surface area contributed by atoms with Crippen LogP contribution in [-0.2, 0) is 14.6 Å². The van der Waals surface area contributed by atoms with E-state index in [1.165, 1.54) is 9.60 Å². The molecule has 0 saturated carbocycles. The largest absolute Gasteiger partial charge is 0.347 e. The van der Waals surface area contributed by atoms with Gasteiger partial charge in [-0.05, 0) is 31.4 Å². The third-order valence-corrected chi connectivity index (χ3v) is 8.25. The fourth-order valence-corrected chi connectivity index (χ4v) is 6.86. The van der Waals surface area contributed by atoms with E-state index in [-0.39, 0.29) is 29.5 Å². The van der Waals surface area contributed by atoms with Crippen LogP contribution in [0.5, 0.6) is 0 Å². The number of quaternary nitrogens is 1. The summed E-state index contributed by atoms with van der Waals surface area (Å²) in [6.45, 7) is 1.34. The Balaban J connectivity index is 1.44. The van der Waals surface area contributed by atoms with Crippen LogP contribution in [-0.4, -0.2) is 49.9 Å². The number of para-hydroxylation sites is 1. The Morgan fingerprint density at radius 2 is 2.12 bits per heavy atom. The number of nitrogens with zero attached hydrogens (tertiary/aromatic N) is 1. The summed E-state index contributed by atoms with van der Waals surface area (Å²) < 4.78 is 24.3. The minimum atomic E-state index is -2.97. The monoisotopic (exact) mass is 394 g/mol. The summed E-state index contributed by atoms with van der Waals surface area (Å²) in [6.07, 6.45) is 3.85. The lowest BCUT2D eigenvalue weighted by Crippen LogP contribution is -3.14. The van der Waals surface area contributed by atoms with Crippen LogP contribution in [0, 0.1) is 0 Å². The molecule has 2 fully saturated rings. The van der Waals surface area contributed by atoms with Crippen molar-refractivity contribution in [1.29, 1.82) is 0 Å². The first-order chi connectivity index (χ1) is 12.5. The summed E-state index contributed by atoms with van der Waals surface area (Å²) >= 11 is 1.72. The van der Waals surface area contributed by atoms with Crippen LogP contribution in [0.1, 0.15) is 36.7 Å². The van der Waals surface area contributed by atoms with E-state index in [0.717, 1.165) is 36.3 Å². The molecular formula is C18H24N3O3S2+. The Bertz CT molecular complexity index is 876. The molecule has 26 heavy (non-hydrogen) atoms. The number of thiazole rings is 1. The molecule has 0 aliphatic carbocycles. The zero-order valence-corrected chi connectivity index (χ0v) is 16.2. The third-order valence-electron chi connectivity index (χ3n) is 5.33. The van der Waals surface area contributed by atoms with E-state index < -0.39 is 9.84 Å². The molecule has 140 valence electrons. The second-order valence-electron chi connectivity index (χ2n) is 7.32. The molecule has 2 aliphatic rings. The molecule has 2 aromatic rings. The Morgan fingerprint density at radius 3 is 2.88 bits per heavy atom. The van der Waals surface area contributed by atoms with Crippen molar-refractivity contribution in [2.75, 3.05) is 24.6 Å². The molecule has 0 spiro atoms. The number of fused-ring (bicyclic) bond motifs is 1. The van der Waals surface area contributed by atoms with Crippen molar-refractivity contribution in [3.8, 4) is 0 Å². The first kappa shape index (κ1) is 17.9. The van der Waals surface area contributed by atoms with E-state index in [2.05, 4.69) is 11.4 Å². The number of nitrogens with one attached hydrogen (secondary N) is 2. The zero-order chi connectivity index (χ0) is 18.1. The summed E-state index contributed by atoms with van der Waals surface area (Å²) in [5.41, 5.74) is 1.03. The van der Waals surface area contributed by atoms with E-state index in [4.69, 9.17) is 4.98 Å². The van der Waals surface area contributed by atoms with Gasteiger partial charge in [0.15, 0.2) is 21.4 Å². The normalized spacial score (nSPS) is 28.2. The molecule has 8 heteroatoms. The first-order valence-corrected chi connectivity index (χ1v) is 11.8. The third kappa shape index (κ3) is 3.92. The second-order valence-corrected chi connectivity index (χ2v) is 10.6. The summed E-state index contributed by atoms with van der Waals surface area (Å²) in [5.74, 6) is 0.216. The number of sulfone groups is 1. The maximum absolute atomic E-state index is 12.5. The molecule has 1 unspecified atom stereocenters. The molecule has 0 bridgehead atoms. The molecule has 0 radical (unpaired) electrons. The lowest BCUT2D eigenvalue weighted by atomic mass is 10.0. The van der Waals surface area contributed by atoms with Gasteiger partial charge in [0.2, 0.25) is 0 Å². The molecule has 3 atom stereocenters. The molecule has 2 saturated heterocycles. The van der Waals surface area contributed by atoms with Crippen LogP contribution >= 0.6 is 11.3 Å². The Hall–Kier alpha value is -1.51. The smallest absolute Gasteiger partial charge is 0.275 e. The van der Waals surface area contributed by atoms with Gasteiger partial charge in [0.25, 0.3) is 5.91 Å². The van der Waals surface area contributed by atoms with Crippen LogP contribution in [0.2, 0.25) is 0 Å². The molecule has 6 nitrogen and oxygen atoms in total. The average molecular weight is 395 g/mol. The van der Waals surface area contributed by atoms with Crippen molar-refractivity contribution in [3.63, 3.8) is 0 Å². The molecule has 2 N–H and O–H groups in total. The minimum Gasteiger partial charge on any atom is -0.347 e. The summed E-state index contributed by atoms with van der Waals surface area (Å²) in [5, 5.41) is 4.03. The minimum absolute atomic E-state index is 0.0462. The number of benzene rings is 1. The highest BCUT2D eigenvalue weighted by molar-refractivity contribution is 7.91. The summed E-state index contributed by atoms with van der Waals surface area (Å²) in [6, 6.07) is 8.17. The van der Waals surface area contributed by atoms with Crippen molar-refractivity contribution in [2.24, 2.45) is 0 Å². The maximum atomic E-state index is 12.5. The first-order valence-electron chi connectivity index (χ1n) is 9.20. The van der Waals surface area contributed by atoms with Gasteiger partial charge < -0.3 is 10.2 Å². The van der Waals surface area contributed by atoms with Crippen molar-refractivity contribution in [3.05, 3.63) is 29.3 Å². The molecule has 1 aromatic carbocycles. The second kappa shape index (κ2) is 7.25. The van der Waals surface area contributed by atoms with Crippen LogP contribution in [0.25, 0.3) is 10.2 Å². The number of hydrogen-bond acceptors (Lipinski definition) is 5. The molecule has 1 aromatic heterocycles. The standard InChI is InChI=1S/C18H23N3O3S2/c22-17(19-13-8-10-26(23,24)12-13)11-21-9-4-3-6-15(21)18-20-14-5-1-2-7-16(14)25-18/h1-2,5,7,13,15H,3-4,6,8-12H2,(H,19,22)/p+1/t13-,15-/m1/s1. The van der Waals surface area contributed by atoms with Gasteiger partial charge in [-0.15, -0.1) is 11.3 Å². The number of carbonyl (C=O) groups is 1. The van der Waals surface area contributed by atoms with Crippen molar-refractivity contribution < 1.29 is 18.1 Å². The SMILES string of the molecule is O=C(C[NH+]1CCCC[C@@H]1c1nc2ccccc2s1)N[C@@H]1CCS(=O)(=O)C1. The van der Waals surface area contributed by atoms with Gasteiger partial charge in [-0.3, -0.25) is 4.79 Å². The van der Waals surface area contributed by atoms with E-state index in [9.17, 15) is 13.2 Å². The predicted molar refractivity (Wildman–Crippen MR) is 102 cm³/mol. The molecule has 3 heterocycles. The van der Waals surface area contributed by atoms with Gasteiger partial charge in [0.05, 0.1) is 28.3 Å². The van der Waals surface area contributed by atoms with Crippen LogP contribution in [0.4, 0.5) is 0 Å². The van der Waals surface area contributed by atoms with Gasteiger partial charge in [-0.25, -0.2) is 13.4 Å². The van der Waals surface area contributed by atoms with Gasteiger partial charge in [0.1, 0.15) is 6.04 Å². The van der Waals surface area contributed by atoms with E-state index in [0.29, 0.717) is 13.0 Å². The molecule has 4 rings (SSSR count). The highest BCUT2D eigenvalue weighted by atomic mass is 32.2. The molecular weight excluding hydrogens is 370 g/mol. The quantitative estimate of drug-likeness (QED) is 0.800. The van der Waals surface area contributed by atoms with Gasteiger partial charge in [-0.2, -0.15) is 0 Å². The van der Waals surface area contributed by atoms with Gasteiger partial charge >= 0.3 is 0 Å². The molecule has 2 aliphatic heterocycles. The molecule has 1 amide bonds. The Kier molecular flexibility index (Phi) is 4.98. The number of carbonyl (C=O) groups excluding carboxylic acids is 1. The van der Waals surface area contributed by atoms with Crippen LogP contribution in [0.3, 0.4) is 0 Å². The number of hydrogen-bond donors (Lipinski definition) is 2. The zero-order valence-electron chi connectivity index (χ0n) is 14.6. The van der Waals surface area contributed by atoms with Crippen molar-refractivity contribution in [1.82, 2.24) is 10.3 Å². The highest BCUT2D eigenvalue weighted by Crippen LogP contribution is 2.28.